The van der Waals surface area contributed by atoms with E-state index >= 15 is 0 Å². The van der Waals surface area contributed by atoms with Crippen LogP contribution in [0.5, 0.6) is 0 Å². The number of nitrogens with zero attached hydrogens (tertiary/aromatic N) is 1. The maximum Gasteiger partial charge on any atom is 0.149 e. The highest BCUT2D eigenvalue weighted by molar-refractivity contribution is 5.51. The van der Waals surface area contributed by atoms with Crippen LogP contribution in [-0.2, 0) is 0 Å². The Hall–Kier alpha value is -1.12. The fraction of sp³-hybridized carbons (Fsp3) is 0.667. The molecule has 1 saturated carbocycles. The minimum atomic E-state index is -0.402. The van der Waals surface area contributed by atoms with Crippen LogP contribution in [-0.4, -0.2) is 13.1 Å². The van der Waals surface area contributed by atoms with Crippen LogP contribution in [0.1, 0.15) is 63.9 Å². The third kappa shape index (κ3) is 2.79. The van der Waals surface area contributed by atoms with Gasteiger partial charge in [0.1, 0.15) is 17.3 Å². The SMILES string of the molecule is CC(C)c1cc(F)c(N2CCC3(CCCC3)CC2)c(F)c1. The van der Waals surface area contributed by atoms with E-state index in [1.165, 1.54) is 37.8 Å². The van der Waals surface area contributed by atoms with Gasteiger partial charge < -0.3 is 4.90 Å². The summed E-state index contributed by atoms with van der Waals surface area (Å²) in [7, 11) is 0. The Bertz CT molecular complexity index is 485. The predicted molar refractivity (Wildman–Crippen MR) is 82.8 cm³/mol. The van der Waals surface area contributed by atoms with E-state index in [0.29, 0.717) is 5.41 Å². The highest BCUT2D eigenvalue weighted by atomic mass is 19.1. The summed E-state index contributed by atoms with van der Waals surface area (Å²) >= 11 is 0. The third-order valence-corrected chi connectivity index (χ3v) is 5.51. The topological polar surface area (TPSA) is 3.24 Å². The third-order valence-electron chi connectivity index (χ3n) is 5.51. The van der Waals surface area contributed by atoms with Crippen LogP contribution in [0, 0.1) is 17.0 Å². The zero-order chi connectivity index (χ0) is 15.0. The number of hydrogen-bond donors (Lipinski definition) is 0. The molecule has 3 rings (SSSR count). The molecule has 21 heavy (non-hydrogen) atoms. The van der Waals surface area contributed by atoms with Crippen LogP contribution in [0.4, 0.5) is 14.5 Å². The van der Waals surface area contributed by atoms with E-state index in [4.69, 9.17) is 0 Å². The van der Waals surface area contributed by atoms with Gasteiger partial charge in [-0.2, -0.15) is 0 Å². The van der Waals surface area contributed by atoms with E-state index < -0.39 is 11.6 Å². The molecule has 0 atom stereocenters. The molecule has 2 aliphatic rings. The Kier molecular flexibility index (Phi) is 3.94. The smallest absolute Gasteiger partial charge is 0.149 e. The molecule has 0 bridgehead atoms. The molecular weight excluding hydrogens is 268 g/mol. The van der Waals surface area contributed by atoms with Crippen molar-refractivity contribution < 1.29 is 8.78 Å². The molecule has 0 amide bonds. The van der Waals surface area contributed by atoms with Crippen LogP contribution in [0.2, 0.25) is 0 Å². The van der Waals surface area contributed by atoms with Crippen LogP contribution in [0.3, 0.4) is 0 Å². The first-order valence-electron chi connectivity index (χ1n) is 8.25. The molecule has 1 heterocycles. The van der Waals surface area contributed by atoms with Gasteiger partial charge in [-0.25, -0.2) is 8.78 Å². The van der Waals surface area contributed by atoms with Crippen LogP contribution < -0.4 is 4.90 Å². The second-order valence-electron chi connectivity index (χ2n) is 7.18. The quantitative estimate of drug-likeness (QED) is 0.720. The molecule has 116 valence electrons. The Morgan fingerprint density at radius 3 is 1.95 bits per heavy atom. The molecule has 1 aromatic carbocycles. The molecule has 0 radical (unpaired) electrons. The highest BCUT2D eigenvalue weighted by Crippen LogP contribution is 2.47. The number of hydrogen-bond acceptors (Lipinski definition) is 1. The lowest BCUT2D eigenvalue weighted by atomic mass is 9.77. The summed E-state index contributed by atoms with van der Waals surface area (Å²) in [4.78, 5) is 1.92. The normalized spacial score (nSPS) is 21.5. The minimum Gasteiger partial charge on any atom is -0.367 e. The molecule has 1 saturated heterocycles. The van der Waals surface area contributed by atoms with Gasteiger partial charge in [0.25, 0.3) is 0 Å². The average molecular weight is 293 g/mol. The summed E-state index contributed by atoms with van der Waals surface area (Å²) < 4.78 is 28.7. The van der Waals surface area contributed by atoms with Gasteiger partial charge in [0, 0.05) is 13.1 Å². The zero-order valence-electron chi connectivity index (χ0n) is 13.1. The monoisotopic (exact) mass is 293 g/mol. The summed E-state index contributed by atoms with van der Waals surface area (Å²) in [5.41, 5.74) is 1.40. The van der Waals surface area contributed by atoms with Crippen molar-refractivity contribution in [1.82, 2.24) is 0 Å². The van der Waals surface area contributed by atoms with E-state index in [-0.39, 0.29) is 11.6 Å². The summed E-state index contributed by atoms with van der Waals surface area (Å²) in [5, 5.41) is 0. The first kappa shape index (κ1) is 14.8. The molecule has 0 aromatic heterocycles. The van der Waals surface area contributed by atoms with Gasteiger partial charge in [0.2, 0.25) is 0 Å². The van der Waals surface area contributed by atoms with E-state index in [1.54, 1.807) is 0 Å². The molecular formula is C18H25F2N. The Morgan fingerprint density at radius 1 is 0.952 bits per heavy atom. The number of halogens is 2. The van der Waals surface area contributed by atoms with Gasteiger partial charge in [-0.15, -0.1) is 0 Å². The largest absolute Gasteiger partial charge is 0.367 e. The van der Waals surface area contributed by atoms with Crippen molar-refractivity contribution in [2.75, 3.05) is 18.0 Å². The van der Waals surface area contributed by atoms with Gasteiger partial charge in [0.05, 0.1) is 0 Å². The summed E-state index contributed by atoms with van der Waals surface area (Å²) in [6.45, 7) is 5.49. The van der Waals surface area contributed by atoms with Crippen molar-refractivity contribution in [1.29, 1.82) is 0 Å². The van der Waals surface area contributed by atoms with Crippen molar-refractivity contribution in [2.24, 2.45) is 5.41 Å². The van der Waals surface area contributed by atoms with Gasteiger partial charge in [0.15, 0.2) is 0 Å². The van der Waals surface area contributed by atoms with Crippen molar-refractivity contribution in [3.05, 3.63) is 29.3 Å². The number of benzene rings is 1. The van der Waals surface area contributed by atoms with Crippen molar-refractivity contribution in [3.63, 3.8) is 0 Å². The van der Waals surface area contributed by atoms with Crippen LogP contribution in [0.15, 0.2) is 12.1 Å². The molecule has 0 N–H and O–H groups in total. The molecule has 0 unspecified atom stereocenters. The van der Waals surface area contributed by atoms with E-state index in [9.17, 15) is 8.78 Å². The number of rotatable bonds is 2. The average Bonchev–Trinajstić information content (AvgIpc) is 2.88. The highest BCUT2D eigenvalue weighted by Gasteiger charge is 2.37. The van der Waals surface area contributed by atoms with Gasteiger partial charge in [-0.3, -0.25) is 0 Å². The van der Waals surface area contributed by atoms with Crippen LogP contribution >= 0.6 is 0 Å². The fourth-order valence-electron chi connectivity index (χ4n) is 4.05. The zero-order valence-corrected chi connectivity index (χ0v) is 13.1. The first-order valence-corrected chi connectivity index (χ1v) is 8.25. The van der Waals surface area contributed by atoms with E-state index in [1.807, 2.05) is 18.7 Å². The lowest BCUT2D eigenvalue weighted by molar-refractivity contribution is 0.225. The summed E-state index contributed by atoms with van der Waals surface area (Å²) in [6.07, 6.45) is 7.42. The summed E-state index contributed by atoms with van der Waals surface area (Å²) in [6, 6.07) is 3.01. The molecule has 2 fully saturated rings. The van der Waals surface area contributed by atoms with Crippen molar-refractivity contribution in [2.45, 2.75) is 58.3 Å². The van der Waals surface area contributed by atoms with Gasteiger partial charge in [-0.1, -0.05) is 26.7 Å². The van der Waals surface area contributed by atoms with Crippen LogP contribution in [0.25, 0.3) is 0 Å². The Morgan fingerprint density at radius 2 is 1.48 bits per heavy atom. The van der Waals surface area contributed by atoms with Gasteiger partial charge >= 0.3 is 0 Å². The molecule has 1 spiro atoms. The maximum absolute atomic E-state index is 14.3. The van der Waals surface area contributed by atoms with Crippen molar-refractivity contribution >= 4 is 5.69 Å². The molecule has 1 nitrogen and oxygen atoms in total. The summed E-state index contributed by atoms with van der Waals surface area (Å²) in [5.74, 6) is -0.659. The second kappa shape index (κ2) is 5.58. The molecule has 3 heteroatoms. The molecule has 1 aromatic rings. The number of anilines is 1. The minimum absolute atomic E-state index is 0.145. The van der Waals surface area contributed by atoms with E-state index in [0.717, 1.165) is 31.5 Å². The molecule has 1 aliphatic heterocycles. The number of piperidine rings is 1. The van der Waals surface area contributed by atoms with Gasteiger partial charge in [-0.05, 0) is 54.7 Å². The Balaban J connectivity index is 1.79. The Labute approximate surface area is 126 Å². The second-order valence-corrected chi connectivity index (χ2v) is 7.18. The fourth-order valence-corrected chi connectivity index (χ4v) is 4.05. The lowest BCUT2D eigenvalue weighted by Gasteiger charge is -2.40. The molecule has 1 aliphatic carbocycles. The van der Waals surface area contributed by atoms with E-state index in [2.05, 4.69) is 0 Å². The maximum atomic E-state index is 14.3. The standard InChI is InChI=1S/C18H25F2N/c1-13(2)14-11-15(19)17(16(20)12-14)21-9-7-18(8-10-21)5-3-4-6-18/h11-13H,3-10H2,1-2H3. The van der Waals surface area contributed by atoms with Crippen molar-refractivity contribution in [3.8, 4) is 0 Å². The lowest BCUT2D eigenvalue weighted by Crippen LogP contribution is -2.39. The predicted octanol–water partition coefficient (Wildman–Crippen LogP) is 5.25. The first-order chi connectivity index (χ1) is 10.0.